The third-order valence-electron chi connectivity index (χ3n) is 5.81. The standard InChI is InChI=1S/C22H28N4O3/c1-22(8-10-29-14-22)12-15(27)13-26(2)21-17-5-4-6-18(17)24-20(25-21)19-11-16(28-3)7-9-23-19/h7,9,11H,4-6,8,10,12-14H2,1-3H3. The first kappa shape index (κ1) is 19.8. The average Bonchev–Trinajstić information content (AvgIpc) is 3.35. The van der Waals surface area contributed by atoms with Crippen molar-refractivity contribution in [1.29, 1.82) is 0 Å². The Balaban J connectivity index is 1.59. The molecular weight excluding hydrogens is 368 g/mol. The number of carbonyl (C=O) groups excluding carboxylic acids is 1. The molecule has 29 heavy (non-hydrogen) atoms. The van der Waals surface area contributed by atoms with Crippen molar-refractivity contribution < 1.29 is 14.3 Å². The van der Waals surface area contributed by atoms with Gasteiger partial charge in [-0.05, 0) is 31.7 Å². The molecule has 0 bridgehead atoms. The van der Waals surface area contributed by atoms with Gasteiger partial charge in [-0.3, -0.25) is 9.78 Å². The fourth-order valence-electron chi connectivity index (χ4n) is 4.22. The lowest BCUT2D eigenvalue weighted by Gasteiger charge is -2.24. The molecule has 0 N–H and O–H groups in total. The van der Waals surface area contributed by atoms with Crippen molar-refractivity contribution in [2.45, 2.75) is 39.0 Å². The fraction of sp³-hybridized carbons (Fsp3) is 0.545. The lowest BCUT2D eigenvalue weighted by atomic mass is 9.84. The van der Waals surface area contributed by atoms with Crippen molar-refractivity contribution in [3.63, 3.8) is 0 Å². The zero-order chi connectivity index (χ0) is 20.4. The molecule has 154 valence electrons. The first-order valence-corrected chi connectivity index (χ1v) is 10.2. The maximum absolute atomic E-state index is 12.8. The Bertz CT molecular complexity index is 909. The second-order valence-corrected chi connectivity index (χ2v) is 8.42. The van der Waals surface area contributed by atoms with Crippen LogP contribution in [0.5, 0.6) is 5.75 Å². The maximum Gasteiger partial charge on any atom is 0.180 e. The summed E-state index contributed by atoms with van der Waals surface area (Å²) < 4.78 is 10.8. The Morgan fingerprint density at radius 3 is 2.97 bits per heavy atom. The maximum atomic E-state index is 12.8. The smallest absolute Gasteiger partial charge is 0.180 e. The van der Waals surface area contributed by atoms with E-state index in [-0.39, 0.29) is 11.2 Å². The topological polar surface area (TPSA) is 77.4 Å². The fourth-order valence-corrected chi connectivity index (χ4v) is 4.22. The number of hydrogen-bond acceptors (Lipinski definition) is 7. The second kappa shape index (κ2) is 8.06. The zero-order valence-electron chi connectivity index (χ0n) is 17.4. The van der Waals surface area contributed by atoms with Gasteiger partial charge >= 0.3 is 0 Å². The highest BCUT2D eigenvalue weighted by Gasteiger charge is 2.32. The van der Waals surface area contributed by atoms with E-state index in [1.54, 1.807) is 19.4 Å². The van der Waals surface area contributed by atoms with Gasteiger partial charge in [0.05, 0.1) is 20.3 Å². The van der Waals surface area contributed by atoms with Crippen LogP contribution < -0.4 is 9.64 Å². The van der Waals surface area contributed by atoms with Crippen molar-refractivity contribution in [2.75, 3.05) is 38.8 Å². The summed E-state index contributed by atoms with van der Waals surface area (Å²) in [5, 5.41) is 0. The molecule has 0 saturated carbocycles. The minimum atomic E-state index is -0.0405. The number of aromatic nitrogens is 3. The molecule has 2 aliphatic rings. The lowest BCUT2D eigenvalue weighted by Crippen LogP contribution is -2.31. The van der Waals surface area contributed by atoms with Gasteiger partial charge in [-0.1, -0.05) is 6.92 Å². The lowest BCUT2D eigenvalue weighted by molar-refractivity contribution is -0.119. The SMILES string of the molecule is COc1ccnc(-c2nc3c(c(N(C)CC(=O)CC4(C)CCOC4)n2)CCC3)c1. The molecular formula is C22H28N4O3. The number of fused-ring (bicyclic) bond motifs is 1. The van der Waals surface area contributed by atoms with E-state index < -0.39 is 0 Å². The minimum Gasteiger partial charge on any atom is -0.497 e. The molecule has 0 spiro atoms. The molecule has 1 unspecified atom stereocenters. The van der Waals surface area contributed by atoms with Crippen LogP contribution >= 0.6 is 0 Å². The van der Waals surface area contributed by atoms with Crippen molar-refractivity contribution in [3.8, 4) is 17.3 Å². The van der Waals surface area contributed by atoms with Crippen LogP contribution in [0.2, 0.25) is 0 Å². The molecule has 0 radical (unpaired) electrons. The molecule has 4 rings (SSSR count). The van der Waals surface area contributed by atoms with Crippen molar-refractivity contribution in [2.24, 2.45) is 5.41 Å². The molecule has 7 heteroatoms. The van der Waals surface area contributed by atoms with Crippen LogP contribution in [-0.4, -0.2) is 54.7 Å². The Labute approximate surface area is 171 Å². The number of nitrogens with zero attached hydrogens (tertiary/aromatic N) is 4. The summed E-state index contributed by atoms with van der Waals surface area (Å²) in [5.74, 6) is 2.35. The summed E-state index contributed by atoms with van der Waals surface area (Å²) in [5.41, 5.74) is 2.85. The van der Waals surface area contributed by atoms with E-state index in [4.69, 9.17) is 19.4 Å². The Morgan fingerprint density at radius 1 is 1.34 bits per heavy atom. The van der Waals surface area contributed by atoms with E-state index in [1.165, 1.54) is 0 Å². The molecule has 1 aliphatic heterocycles. The zero-order valence-corrected chi connectivity index (χ0v) is 17.4. The van der Waals surface area contributed by atoms with Crippen LogP contribution in [0.25, 0.3) is 11.5 Å². The quantitative estimate of drug-likeness (QED) is 0.712. The average molecular weight is 396 g/mol. The summed E-state index contributed by atoms with van der Waals surface area (Å²) in [4.78, 5) is 28.7. The van der Waals surface area contributed by atoms with Crippen LogP contribution in [0.3, 0.4) is 0 Å². The predicted molar refractivity (Wildman–Crippen MR) is 110 cm³/mol. The predicted octanol–water partition coefficient (Wildman–Crippen LogP) is 2.86. The van der Waals surface area contributed by atoms with Gasteiger partial charge in [0.25, 0.3) is 0 Å². The first-order chi connectivity index (χ1) is 14.0. The van der Waals surface area contributed by atoms with Gasteiger partial charge in [0.1, 0.15) is 17.3 Å². The molecule has 1 atom stereocenters. The summed E-state index contributed by atoms with van der Waals surface area (Å²) in [6.45, 7) is 3.88. The third-order valence-corrected chi connectivity index (χ3v) is 5.81. The van der Waals surface area contributed by atoms with Crippen LogP contribution in [0.15, 0.2) is 18.3 Å². The highest BCUT2D eigenvalue weighted by atomic mass is 16.5. The molecule has 1 saturated heterocycles. The molecule has 7 nitrogen and oxygen atoms in total. The van der Waals surface area contributed by atoms with Gasteiger partial charge in [-0.25, -0.2) is 9.97 Å². The van der Waals surface area contributed by atoms with Crippen LogP contribution in [0, 0.1) is 5.41 Å². The monoisotopic (exact) mass is 396 g/mol. The third kappa shape index (κ3) is 4.24. The number of carbonyl (C=O) groups is 1. The largest absolute Gasteiger partial charge is 0.497 e. The van der Waals surface area contributed by atoms with Gasteiger partial charge < -0.3 is 14.4 Å². The molecule has 0 amide bonds. The normalized spacial score (nSPS) is 20.5. The second-order valence-electron chi connectivity index (χ2n) is 8.42. The van der Waals surface area contributed by atoms with E-state index in [0.717, 1.165) is 55.1 Å². The van der Waals surface area contributed by atoms with E-state index in [0.29, 0.717) is 31.1 Å². The first-order valence-electron chi connectivity index (χ1n) is 10.2. The molecule has 0 aromatic carbocycles. The van der Waals surface area contributed by atoms with Crippen molar-refractivity contribution in [1.82, 2.24) is 15.0 Å². The molecule has 1 aliphatic carbocycles. The van der Waals surface area contributed by atoms with Crippen LogP contribution in [0.1, 0.15) is 37.4 Å². The summed E-state index contributed by atoms with van der Waals surface area (Å²) in [6, 6.07) is 3.64. The number of likely N-dealkylation sites (N-methyl/N-ethyl adjacent to an activating group) is 1. The van der Waals surface area contributed by atoms with Gasteiger partial charge in [-0.2, -0.15) is 0 Å². The van der Waals surface area contributed by atoms with E-state index in [2.05, 4.69) is 11.9 Å². The Hall–Kier alpha value is -2.54. The van der Waals surface area contributed by atoms with E-state index in [9.17, 15) is 4.79 Å². The number of ether oxygens (including phenoxy) is 2. The van der Waals surface area contributed by atoms with E-state index >= 15 is 0 Å². The molecule has 3 heterocycles. The number of Topliss-reactive ketones (excluding diaryl/α,β-unsaturated/α-hetero) is 1. The highest BCUT2D eigenvalue weighted by molar-refractivity contribution is 5.84. The minimum absolute atomic E-state index is 0.0405. The summed E-state index contributed by atoms with van der Waals surface area (Å²) in [7, 11) is 3.57. The van der Waals surface area contributed by atoms with Gasteiger partial charge in [-0.15, -0.1) is 0 Å². The van der Waals surface area contributed by atoms with Gasteiger partial charge in [0, 0.05) is 49.0 Å². The summed E-state index contributed by atoms with van der Waals surface area (Å²) >= 11 is 0. The van der Waals surface area contributed by atoms with Gasteiger partial charge in [0.15, 0.2) is 11.6 Å². The Kier molecular flexibility index (Phi) is 5.50. The Morgan fingerprint density at radius 2 is 2.21 bits per heavy atom. The number of methoxy groups -OCH3 is 1. The summed E-state index contributed by atoms with van der Waals surface area (Å²) in [6.07, 6.45) is 6.11. The van der Waals surface area contributed by atoms with Crippen LogP contribution in [0.4, 0.5) is 5.82 Å². The number of rotatable bonds is 7. The number of aryl methyl sites for hydroxylation is 1. The van der Waals surface area contributed by atoms with Gasteiger partial charge in [0.2, 0.25) is 0 Å². The number of ketones is 1. The number of anilines is 1. The van der Waals surface area contributed by atoms with E-state index in [1.807, 2.05) is 18.0 Å². The highest BCUT2D eigenvalue weighted by Crippen LogP contribution is 2.33. The van der Waals surface area contributed by atoms with Crippen molar-refractivity contribution >= 4 is 11.6 Å². The van der Waals surface area contributed by atoms with Crippen molar-refractivity contribution in [3.05, 3.63) is 29.6 Å². The molecule has 1 fully saturated rings. The number of hydrogen-bond donors (Lipinski definition) is 0. The number of pyridine rings is 1. The molecule has 2 aromatic heterocycles. The molecule has 2 aromatic rings. The van der Waals surface area contributed by atoms with Crippen LogP contribution in [-0.2, 0) is 22.4 Å².